The molecular weight excluding hydrogens is 267 g/mol. The summed E-state index contributed by atoms with van der Waals surface area (Å²) in [7, 11) is -4.81. The molecule has 0 radical (unpaired) electrons. The summed E-state index contributed by atoms with van der Waals surface area (Å²) >= 11 is 5.65. The van der Waals surface area contributed by atoms with E-state index < -0.39 is 15.1 Å². The molecule has 1 aliphatic rings. The van der Waals surface area contributed by atoms with Crippen molar-refractivity contribution in [3.8, 4) is 5.75 Å². The van der Waals surface area contributed by atoms with Crippen molar-refractivity contribution in [2.75, 3.05) is 0 Å². The molecule has 0 atom stereocenters. The highest BCUT2D eigenvalue weighted by Crippen LogP contribution is 2.32. The highest BCUT2D eigenvalue weighted by Gasteiger charge is 2.23. The minimum Gasteiger partial charge on any atom is -0.489 e. The third kappa shape index (κ3) is 3.10. The van der Waals surface area contributed by atoms with E-state index in [1.165, 1.54) is 12.1 Å². The first kappa shape index (κ1) is 12.6. The summed E-state index contributed by atoms with van der Waals surface area (Å²) in [6.45, 7) is 0. The maximum atomic E-state index is 13.1. The second kappa shape index (κ2) is 4.82. The second-order valence-electron chi connectivity index (χ2n) is 4.05. The maximum absolute atomic E-state index is 13.1. The fourth-order valence-corrected chi connectivity index (χ4v) is 2.82. The normalized spacial score (nSPS) is 17.3. The lowest BCUT2D eigenvalue weighted by Gasteiger charge is -2.14. The van der Waals surface area contributed by atoms with Gasteiger partial charge >= 0.3 is 10.2 Å². The van der Waals surface area contributed by atoms with Gasteiger partial charge in [0.15, 0.2) is 0 Å². The van der Waals surface area contributed by atoms with E-state index in [1.807, 2.05) is 0 Å². The molecule has 1 aromatic carbocycles. The van der Waals surface area contributed by atoms with Crippen LogP contribution in [0, 0.1) is 0 Å². The Bertz CT molecular complexity index is 509. The van der Waals surface area contributed by atoms with Crippen LogP contribution in [0.5, 0.6) is 5.75 Å². The maximum Gasteiger partial charge on any atom is 0.335 e. The third-order valence-electron chi connectivity index (χ3n) is 2.76. The van der Waals surface area contributed by atoms with E-state index in [2.05, 4.69) is 0 Å². The Morgan fingerprint density at radius 1 is 1.29 bits per heavy atom. The van der Waals surface area contributed by atoms with Gasteiger partial charge in [-0.1, -0.05) is 11.6 Å². The zero-order valence-electron chi connectivity index (χ0n) is 9.03. The summed E-state index contributed by atoms with van der Waals surface area (Å²) in [6.07, 6.45) is 3.81. The Labute approximate surface area is 105 Å². The molecule has 1 aliphatic carbocycles. The minimum absolute atomic E-state index is 0.0309. The average Bonchev–Trinajstić information content (AvgIpc) is 2.72. The van der Waals surface area contributed by atoms with Gasteiger partial charge < -0.3 is 4.74 Å². The second-order valence-corrected chi connectivity index (χ2v) is 5.81. The fourth-order valence-electron chi connectivity index (χ4n) is 1.96. The van der Waals surface area contributed by atoms with Gasteiger partial charge in [-0.25, -0.2) is 0 Å². The molecule has 0 heterocycles. The molecule has 0 amide bonds. The van der Waals surface area contributed by atoms with Gasteiger partial charge in [-0.3, -0.25) is 0 Å². The fraction of sp³-hybridized carbons (Fsp3) is 0.455. The Hall–Kier alpha value is -0.810. The number of benzene rings is 1. The molecule has 1 aromatic rings. The highest BCUT2D eigenvalue weighted by atomic mass is 35.5. The van der Waals surface area contributed by atoms with E-state index in [0.717, 1.165) is 31.7 Å². The Morgan fingerprint density at radius 2 is 1.94 bits per heavy atom. The Balaban J connectivity index is 2.32. The highest BCUT2D eigenvalue weighted by molar-refractivity contribution is 7.86. The number of hydrogen-bond donors (Lipinski definition) is 0. The summed E-state index contributed by atoms with van der Waals surface area (Å²) in [6, 6.07) is 3.95. The molecule has 0 N–H and O–H groups in total. The summed E-state index contributed by atoms with van der Waals surface area (Å²) < 4.78 is 40.5. The zero-order chi connectivity index (χ0) is 12.5. The van der Waals surface area contributed by atoms with Crippen LogP contribution in [-0.4, -0.2) is 14.5 Å². The van der Waals surface area contributed by atoms with Crippen LogP contribution in [-0.2, 0) is 10.2 Å². The van der Waals surface area contributed by atoms with Gasteiger partial charge in [0.05, 0.1) is 6.10 Å². The Kier molecular flexibility index (Phi) is 3.58. The molecule has 1 saturated carbocycles. The first-order valence-electron chi connectivity index (χ1n) is 5.38. The van der Waals surface area contributed by atoms with Crippen LogP contribution >= 0.6 is 11.6 Å². The van der Waals surface area contributed by atoms with Crippen molar-refractivity contribution in [3.63, 3.8) is 0 Å². The lowest BCUT2D eigenvalue weighted by molar-refractivity contribution is 0.204. The van der Waals surface area contributed by atoms with E-state index in [4.69, 9.17) is 16.3 Å². The van der Waals surface area contributed by atoms with Crippen LogP contribution in [0.25, 0.3) is 0 Å². The van der Waals surface area contributed by atoms with Gasteiger partial charge in [-0.2, -0.15) is 8.42 Å². The molecule has 0 aliphatic heterocycles. The topological polar surface area (TPSA) is 43.4 Å². The van der Waals surface area contributed by atoms with Crippen LogP contribution in [0.1, 0.15) is 25.7 Å². The van der Waals surface area contributed by atoms with Crippen molar-refractivity contribution in [3.05, 3.63) is 23.2 Å². The van der Waals surface area contributed by atoms with Gasteiger partial charge in [0.25, 0.3) is 0 Å². The van der Waals surface area contributed by atoms with Gasteiger partial charge in [-0.05, 0) is 43.9 Å². The average molecular weight is 279 g/mol. The molecule has 0 saturated heterocycles. The lowest BCUT2D eigenvalue weighted by atomic mass is 10.3. The summed E-state index contributed by atoms with van der Waals surface area (Å²) in [5, 5.41) is 0.167. The number of ether oxygens (including phenoxy) is 1. The molecule has 0 aromatic heterocycles. The number of hydrogen-bond acceptors (Lipinski definition) is 3. The van der Waals surface area contributed by atoms with Gasteiger partial charge in [0, 0.05) is 5.02 Å². The number of halogens is 2. The van der Waals surface area contributed by atoms with E-state index in [0.29, 0.717) is 0 Å². The van der Waals surface area contributed by atoms with Crippen molar-refractivity contribution in [1.29, 1.82) is 0 Å². The molecule has 1 fully saturated rings. The monoisotopic (exact) mass is 278 g/mol. The summed E-state index contributed by atoms with van der Waals surface area (Å²) in [5.41, 5.74) is 0. The van der Waals surface area contributed by atoms with E-state index in [9.17, 15) is 12.3 Å². The first-order chi connectivity index (χ1) is 7.97. The van der Waals surface area contributed by atoms with Crippen molar-refractivity contribution < 1.29 is 17.0 Å². The molecule has 6 heteroatoms. The van der Waals surface area contributed by atoms with Crippen molar-refractivity contribution in [2.24, 2.45) is 0 Å². The summed E-state index contributed by atoms with van der Waals surface area (Å²) in [5.74, 6) is 0.0452. The van der Waals surface area contributed by atoms with E-state index in [-0.39, 0.29) is 16.9 Å². The number of rotatable bonds is 3. The van der Waals surface area contributed by atoms with Crippen molar-refractivity contribution >= 4 is 21.8 Å². The largest absolute Gasteiger partial charge is 0.489 e. The van der Waals surface area contributed by atoms with E-state index >= 15 is 0 Å². The zero-order valence-corrected chi connectivity index (χ0v) is 10.6. The SMILES string of the molecule is O=S(=O)(F)c1cc(Cl)ccc1OC1CCCC1. The molecule has 0 spiro atoms. The van der Waals surface area contributed by atoms with E-state index in [1.54, 1.807) is 0 Å². The first-order valence-corrected chi connectivity index (χ1v) is 7.14. The standard InChI is InChI=1S/C11H12ClFO3S/c12-8-5-6-10(11(7-8)17(13,14)15)16-9-3-1-2-4-9/h5-7,9H,1-4H2. The van der Waals surface area contributed by atoms with Crippen molar-refractivity contribution in [2.45, 2.75) is 36.7 Å². The van der Waals surface area contributed by atoms with Crippen LogP contribution in [0.3, 0.4) is 0 Å². The lowest BCUT2D eigenvalue weighted by Crippen LogP contribution is -2.12. The predicted octanol–water partition coefficient (Wildman–Crippen LogP) is 3.32. The van der Waals surface area contributed by atoms with Crippen LogP contribution in [0.2, 0.25) is 5.02 Å². The molecular formula is C11H12ClFO3S. The van der Waals surface area contributed by atoms with Gasteiger partial charge in [-0.15, -0.1) is 3.89 Å². The predicted molar refractivity (Wildman–Crippen MR) is 62.6 cm³/mol. The van der Waals surface area contributed by atoms with Crippen LogP contribution < -0.4 is 4.74 Å². The molecule has 0 unspecified atom stereocenters. The summed E-state index contributed by atoms with van der Waals surface area (Å²) in [4.78, 5) is -0.489. The molecule has 2 rings (SSSR count). The smallest absolute Gasteiger partial charge is 0.335 e. The third-order valence-corrected chi connectivity index (χ3v) is 3.84. The minimum atomic E-state index is -4.81. The van der Waals surface area contributed by atoms with Crippen molar-refractivity contribution in [1.82, 2.24) is 0 Å². The van der Waals surface area contributed by atoms with Crippen LogP contribution in [0.4, 0.5) is 3.89 Å². The molecule has 94 valence electrons. The van der Waals surface area contributed by atoms with Gasteiger partial charge in [0.2, 0.25) is 0 Å². The van der Waals surface area contributed by atoms with Crippen LogP contribution in [0.15, 0.2) is 23.1 Å². The molecule has 3 nitrogen and oxygen atoms in total. The Morgan fingerprint density at radius 3 is 2.53 bits per heavy atom. The molecule has 17 heavy (non-hydrogen) atoms. The quantitative estimate of drug-likeness (QED) is 0.797. The van der Waals surface area contributed by atoms with Gasteiger partial charge in [0.1, 0.15) is 10.6 Å². The molecule has 0 bridgehead atoms.